The minimum Gasteiger partial charge on any atom is -0.462 e. The van der Waals surface area contributed by atoms with Crippen LogP contribution in [0, 0.1) is 0 Å². The number of amides is 1. The van der Waals surface area contributed by atoms with Gasteiger partial charge in [-0.3, -0.25) is 9.69 Å². The molecule has 0 saturated carbocycles. The number of anilines is 1. The van der Waals surface area contributed by atoms with Gasteiger partial charge in [0.2, 0.25) is 5.91 Å². The van der Waals surface area contributed by atoms with E-state index in [1.54, 1.807) is 19.1 Å². The van der Waals surface area contributed by atoms with Gasteiger partial charge in [-0.2, -0.15) is 0 Å². The molecule has 0 aliphatic carbocycles. The highest BCUT2D eigenvalue weighted by Crippen LogP contribution is 2.38. The van der Waals surface area contributed by atoms with E-state index in [0.717, 1.165) is 42.1 Å². The summed E-state index contributed by atoms with van der Waals surface area (Å²) in [7, 11) is 0. The number of halogens is 1. The molecule has 32 heavy (non-hydrogen) atoms. The van der Waals surface area contributed by atoms with Gasteiger partial charge in [0, 0.05) is 29.5 Å². The van der Waals surface area contributed by atoms with E-state index in [0.29, 0.717) is 22.2 Å². The fraction of sp³-hybridized carbons (Fsp3) is 0.280. The molecule has 0 bridgehead atoms. The van der Waals surface area contributed by atoms with Gasteiger partial charge in [-0.25, -0.2) is 4.79 Å². The van der Waals surface area contributed by atoms with Crippen LogP contribution in [0.1, 0.15) is 38.8 Å². The van der Waals surface area contributed by atoms with Crippen molar-refractivity contribution in [3.63, 3.8) is 0 Å². The highest BCUT2D eigenvalue weighted by atomic mass is 35.5. The quantitative estimate of drug-likeness (QED) is 0.477. The molecule has 1 aromatic heterocycles. The summed E-state index contributed by atoms with van der Waals surface area (Å²) in [6, 6.07) is 17.5. The molecule has 0 atom stereocenters. The van der Waals surface area contributed by atoms with Gasteiger partial charge in [-0.1, -0.05) is 54.1 Å². The first kappa shape index (κ1) is 22.5. The highest BCUT2D eigenvalue weighted by Gasteiger charge is 2.29. The number of carbonyl (C=O) groups excluding carboxylic acids is 2. The first-order valence-corrected chi connectivity index (χ1v) is 11.8. The van der Waals surface area contributed by atoms with E-state index in [1.165, 1.54) is 16.9 Å². The van der Waals surface area contributed by atoms with Gasteiger partial charge in [0.25, 0.3) is 0 Å². The Morgan fingerprint density at radius 3 is 2.56 bits per heavy atom. The molecule has 0 fully saturated rings. The molecule has 0 unspecified atom stereocenters. The molecule has 0 spiro atoms. The third-order valence-corrected chi connectivity index (χ3v) is 6.78. The van der Waals surface area contributed by atoms with Crippen LogP contribution in [-0.2, 0) is 35.5 Å². The fourth-order valence-electron chi connectivity index (χ4n) is 3.90. The van der Waals surface area contributed by atoms with E-state index in [4.69, 9.17) is 16.3 Å². The number of hydrogen-bond donors (Lipinski definition) is 1. The normalized spacial score (nSPS) is 13.4. The molecule has 1 aliphatic heterocycles. The maximum absolute atomic E-state index is 12.8. The molecule has 0 radical (unpaired) electrons. The maximum atomic E-state index is 12.8. The number of ether oxygens (including phenoxy) is 1. The van der Waals surface area contributed by atoms with Gasteiger partial charge in [0.05, 0.1) is 18.6 Å². The lowest BCUT2D eigenvalue weighted by Gasteiger charge is -2.27. The Balaban J connectivity index is 1.53. The zero-order chi connectivity index (χ0) is 22.5. The monoisotopic (exact) mass is 468 g/mol. The van der Waals surface area contributed by atoms with Gasteiger partial charge in [-0.15, -0.1) is 11.3 Å². The minimum absolute atomic E-state index is 0.169. The topological polar surface area (TPSA) is 58.6 Å². The molecular formula is C25H25ClN2O3S. The summed E-state index contributed by atoms with van der Waals surface area (Å²) in [4.78, 5) is 28.9. The molecule has 1 amide bonds. The molecule has 1 aliphatic rings. The SMILES string of the molecule is CCOC(=O)c1c(NC(=O)Cc2ccc(Cl)cc2)sc2c1CCN(Cc1ccccc1)C2. The number of benzene rings is 2. The van der Waals surface area contributed by atoms with Crippen molar-refractivity contribution in [1.82, 2.24) is 4.90 Å². The second kappa shape index (κ2) is 10.3. The summed E-state index contributed by atoms with van der Waals surface area (Å²) in [5, 5.41) is 4.17. The predicted octanol–water partition coefficient (Wildman–Crippen LogP) is 5.32. The Kier molecular flexibility index (Phi) is 7.25. The van der Waals surface area contributed by atoms with Crippen LogP contribution < -0.4 is 5.32 Å². The van der Waals surface area contributed by atoms with Crippen molar-refractivity contribution < 1.29 is 14.3 Å². The summed E-state index contributed by atoms with van der Waals surface area (Å²) in [6.45, 7) is 4.53. The summed E-state index contributed by atoms with van der Waals surface area (Å²) in [5.41, 5.74) is 3.63. The van der Waals surface area contributed by atoms with Crippen molar-refractivity contribution in [2.24, 2.45) is 0 Å². The summed E-state index contributed by atoms with van der Waals surface area (Å²) in [6.07, 6.45) is 0.960. The van der Waals surface area contributed by atoms with E-state index >= 15 is 0 Å². The first-order chi connectivity index (χ1) is 15.5. The first-order valence-electron chi connectivity index (χ1n) is 10.7. The van der Waals surface area contributed by atoms with E-state index in [9.17, 15) is 9.59 Å². The van der Waals surface area contributed by atoms with Crippen molar-refractivity contribution in [3.05, 3.63) is 86.8 Å². The number of nitrogens with one attached hydrogen (secondary N) is 1. The average molecular weight is 469 g/mol. The predicted molar refractivity (Wildman–Crippen MR) is 128 cm³/mol. The van der Waals surface area contributed by atoms with Crippen molar-refractivity contribution in [2.75, 3.05) is 18.5 Å². The number of rotatable bonds is 7. The van der Waals surface area contributed by atoms with Gasteiger partial charge in [-0.05, 0) is 42.2 Å². The summed E-state index contributed by atoms with van der Waals surface area (Å²) < 4.78 is 5.32. The number of carbonyl (C=O) groups is 2. The molecule has 0 saturated heterocycles. The molecular weight excluding hydrogens is 444 g/mol. The van der Waals surface area contributed by atoms with Crippen molar-refractivity contribution in [2.45, 2.75) is 32.9 Å². The van der Waals surface area contributed by atoms with Crippen LogP contribution in [0.15, 0.2) is 54.6 Å². The molecule has 3 aromatic rings. The molecule has 2 aromatic carbocycles. The van der Waals surface area contributed by atoms with Crippen molar-refractivity contribution in [3.8, 4) is 0 Å². The molecule has 7 heteroatoms. The van der Waals surface area contributed by atoms with Crippen LogP contribution in [-0.4, -0.2) is 29.9 Å². The number of esters is 1. The zero-order valence-corrected chi connectivity index (χ0v) is 19.5. The smallest absolute Gasteiger partial charge is 0.341 e. The second-order valence-electron chi connectivity index (χ2n) is 7.73. The Bertz CT molecular complexity index is 1100. The minimum atomic E-state index is -0.372. The average Bonchev–Trinajstić information content (AvgIpc) is 3.13. The van der Waals surface area contributed by atoms with E-state index in [2.05, 4.69) is 22.3 Å². The Labute approximate surface area is 197 Å². The van der Waals surface area contributed by atoms with Gasteiger partial charge in [0.15, 0.2) is 0 Å². The molecule has 5 nitrogen and oxygen atoms in total. The molecule has 4 rings (SSSR count). The van der Waals surface area contributed by atoms with Crippen LogP contribution >= 0.6 is 22.9 Å². The van der Waals surface area contributed by atoms with Gasteiger partial charge >= 0.3 is 5.97 Å². The third-order valence-electron chi connectivity index (χ3n) is 5.40. The van der Waals surface area contributed by atoms with E-state index in [1.807, 2.05) is 30.3 Å². The molecule has 2 heterocycles. The van der Waals surface area contributed by atoms with Gasteiger partial charge < -0.3 is 10.1 Å². The lowest BCUT2D eigenvalue weighted by molar-refractivity contribution is -0.115. The van der Waals surface area contributed by atoms with Crippen LogP contribution in [0.3, 0.4) is 0 Å². The Morgan fingerprint density at radius 2 is 1.84 bits per heavy atom. The van der Waals surface area contributed by atoms with Crippen molar-refractivity contribution >= 4 is 39.8 Å². The largest absolute Gasteiger partial charge is 0.462 e. The van der Waals surface area contributed by atoms with Gasteiger partial charge in [0.1, 0.15) is 5.00 Å². The number of thiophene rings is 1. The fourth-order valence-corrected chi connectivity index (χ4v) is 5.32. The van der Waals surface area contributed by atoms with Crippen LogP contribution in [0.25, 0.3) is 0 Å². The lowest BCUT2D eigenvalue weighted by atomic mass is 10.0. The number of nitrogens with zero attached hydrogens (tertiary/aromatic N) is 1. The van der Waals surface area contributed by atoms with Crippen LogP contribution in [0.5, 0.6) is 0 Å². The number of hydrogen-bond acceptors (Lipinski definition) is 5. The lowest BCUT2D eigenvalue weighted by Crippen LogP contribution is -2.30. The van der Waals surface area contributed by atoms with E-state index in [-0.39, 0.29) is 18.3 Å². The zero-order valence-electron chi connectivity index (χ0n) is 17.9. The number of fused-ring (bicyclic) bond motifs is 1. The summed E-state index contributed by atoms with van der Waals surface area (Å²) in [5.74, 6) is -0.541. The maximum Gasteiger partial charge on any atom is 0.341 e. The second-order valence-corrected chi connectivity index (χ2v) is 9.27. The van der Waals surface area contributed by atoms with E-state index < -0.39 is 0 Å². The Hall–Kier alpha value is -2.67. The Morgan fingerprint density at radius 1 is 1.09 bits per heavy atom. The van der Waals surface area contributed by atoms with Crippen LogP contribution in [0.4, 0.5) is 5.00 Å². The third kappa shape index (κ3) is 5.38. The van der Waals surface area contributed by atoms with Crippen molar-refractivity contribution in [1.29, 1.82) is 0 Å². The molecule has 166 valence electrons. The highest BCUT2D eigenvalue weighted by molar-refractivity contribution is 7.17. The molecule has 1 N–H and O–H groups in total. The van der Waals surface area contributed by atoms with Crippen LogP contribution in [0.2, 0.25) is 5.02 Å². The standard InChI is InChI=1S/C25H25ClN2O3S/c1-2-31-25(30)23-20-12-13-28(15-18-6-4-3-5-7-18)16-21(20)32-24(23)27-22(29)14-17-8-10-19(26)11-9-17/h3-11H,2,12-16H2,1H3,(H,27,29). The summed E-state index contributed by atoms with van der Waals surface area (Å²) >= 11 is 7.41.